The molecule has 0 aromatic rings. The minimum absolute atomic E-state index is 0.624. The van der Waals surface area contributed by atoms with E-state index in [-0.39, 0.29) is 0 Å². The van der Waals surface area contributed by atoms with Crippen molar-refractivity contribution in [1.82, 2.24) is 0 Å². The molecule has 0 aromatic carbocycles. The quantitative estimate of drug-likeness (QED) is 0.350. The van der Waals surface area contributed by atoms with Gasteiger partial charge in [-0.05, 0) is 48.9 Å². The Balaban J connectivity index is 2.17. The maximum absolute atomic E-state index is 2.53. The van der Waals surface area contributed by atoms with Crippen molar-refractivity contribution >= 4 is 0 Å². The third-order valence-corrected chi connectivity index (χ3v) is 6.26. The van der Waals surface area contributed by atoms with E-state index in [0.717, 1.165) is 17.8 Å². The molecule has 0 spiro atoms. The molecular weight excluding hydrogens is 240 g/mol. The molecule has 0 radical (unpaired) electrons. The van der Waals surface area contributed by atoms with E-state index in [2.05, 4.69) is 34.6 Å². The van der Waals surface area contributed by atoms with Gasteiger partial charge in [0.15, 0.2) is 0 Å². The van der Waals surface area contributed by atoms with Crippen LogP contribution in [-0.4, -0.2) is 0 Å². The molecule has 1 fully saturated rings. The van der Waals surface area contributed by atoms with E-state index < -0.39 is 0 Å². The van der Waals surface area contributed by atoms with Gasteiger partial charge in [0.1, 0.15) is 0 Å². The minimum Gasteiger partial charge on any atom is -0.0654 e. The zero-order valence-corrected chi connectivity index (χ0v) is 15.0. The van der Waals surface area contributed by atoms with Gasteiger partial charge in [-0.15, -0.1) is 0 Å². The summed E-state index contributed by atoms with van der Waals surface area (Å²) in [6, 6.07) is 0. The van der Waals surface area contributed by atoms with Crippen molar-refractivity contribution in [2.75, 3.05) is 0 Å². The molecule has 0 bridgehead atoms. The minimum atomic E-state index is 0.624. The molecular formula is C20H40. The van der Waals surface area contributed by atoms with Gasteiger partial charge in [-0.25, -0.2) is 0 Å². The Morgan fingerprint density at radius 1 is 1.00 bits per heavy atom. The molecule has 1 rings (SSSR count). The van der Waals surface area contributed by atoms with E-state index in [1.54, 1.807) is 0 Å². The Morgan fingerprint density at radius 3 is 2.25 bits per heavy atom. The molecule has 0 amide bonds. The van der Waals surface area contributed by atoms with Crippen LogP contribution in [0.5, 0.6) is 0 Å². The van der Waals surface area contributed by atoms with Crippen molar-refractivity contribution in [3.63, 3.8) is 0 Å². The van der Waals surface area contributed by atoms with Crippen LogP contribution in [0.15, 0.2) is 0 Å². The van der Waals surface area contributed by atoms with E-state index >= 15 is 0 Å². The van der Waals surface area contributed by atoms with Crippen LogP contribution in [0.2, 0.25) is 0 Å². The van der Waals surface area contributed by atoms with Crippen LogP contribution < -0.4 is 0 Å². The summed E-state index contributed by atoms with van der Waals surface area (Å²) < 4.78 is 0. The lowest BCUT2D eigenvalue weighted by atomic mass is 9.65. The van der Waals surface area contributed by atoms with Crippen molar-refractivity contribution in [3.8, 4) is 0 Å². The SMILES string of the molecule is CCCC1CCC1C(C)CCCCC(C)(CC)CCC. The smallest absolute Gasteiger partial charge is 0.0329 e. The Bertz CT molecular complexity index is 244. The summed E-state index contributed by atoms with van der Waals surface area (Å²) in [5.41, 5.74) is 0.624. The fourth-order valence-corrected chi connectivity index (χ4v) is 4.39. The fraction of sp³-hybridized carbons (Fsp3) is 1.00. The van der Waals surface area contributed by atoms with E-state index in [4.69, 9.17) is 0 Å². The van der Waals surface area contributed by atoms with E-state index in [1.165, 1.54) is 70.6 Å². The first kappa shape index (κ1) is 18.1. The molecule has 20 heavy (non-hydrogen) atoms. The molecule has 0 aliphatic heterocycles. The highest BCUT2D eigenvalue weighted by Crippen LogP contribution is 2.44. The standard InChI is InChI=1S/C20H40/c1-6-11-18-13-14-19(18)17(4)12-9-10-16-20(5,8-3)15-7-2/h17-19H,6-16H2,1-5H3. The van der Waals surface area contributed by atoms with Crippen LogP contribution >= 0.6 is 0 Å². The maximum atomic E-state index is 2.53. The van der Waals surface area contributed by atoms with E-state index in [1.807, 2.05) is 0 Å². The first-order valence-electron chi connectivity index (χ1n) is 9.56. The Labute approximate surface area is 129 Å². The Hall–Kier alpha value is 0. The summed E-state index contributed by atoms with van der Waals surface area (Å²) in [6.45, 7) is 12.1. The third kappa shape index (κ3) is 5.41. The molecule has 1 saturated carbocycles. The number of hydrogen-bond donors (Lipinski definition) is 0. The van der Waals surface area contributed by atoms with Gasteiger partial charge in [-0.2, -0.15) is 0 Å². The Kier molecular flexibility index (Phi) is 8.22. The predicted octanol–water partition coefficient (Wildman–Crippen LogP) is 7.23. The molecule has 0 saturated heterocycles. The third-order valence-electron chi connectivity index (χ3n) is 6.26. The lowest BCUT2D eigenvalue weighted by Gasteiger charge is -2.41. The molecule has 0 N–H and O–H groups in total. The maximum Gasteiger partial charge on any atom is -0.0329 e. The van der Waals surface area contributed by atoms with E-state index in [9.17, 15) is 0 Å². The van der Waals surface area contributed by atoms with Gasteiger partial charge in [0, 0.05) is 0 Å². The molecule has 120 valence electrons. The second kappa shape index (κ2) is 9.11. The van der Waals surface area contributed by atoms with Gasteiger partial charge >= 0.3 is 0 Å². The van der Waals surface area contributed by atoms with Crippen LogP contribution in [0.25, 0.3) is 0 Å². The summed E-state index contributed by atoms with van der Waals surface area (Å²) >= 11 is 0. The largest absolute Gasteiger partial charge is 0.0654 e. The van der Waals surface area contributed by atoms with Crippen molar-refractivity contribution in [1.29, 1.82) is 0 Å². The zero-order chi connectivity index (χ0) is 15.0. The highest BCUT2D eigenvalue weighted by Gasteiger charge is 2.33. The van der Waals surface area contributed by atoms with Gasteiger partial charge in [-0.1, -0.05) is 79.6 Å². The second-order valence-corrected chi connectivity index (χ2v) is 7.93. The first-order chi connectivity index (χ1) is 9.56. The van der Waals surface area contributed by atoms with Crippen LogP contribution in [0.4, 0.5) is 0 Å². The summed E-state index contributed by atoms with van der Waals surface area (Å²) in [5.74, 6) is 3.14. The van der Waals surface area contributed by atoms with Crippen molar-refractivity contribution in [2.45, 2.75) is 105 Å². The molecule has 4 unspecified atom stereocenters. The van der Waals surface area contributed by atoms with Crippen LogP contribution in [0, 0.1) is 23.2 Å². The van der Waals surface area contributed by atoms with Crippen molar-refractivity contribution < 1.29 is 0 Å². The highest BCUT2D eigenvalue weighted by molar-refractivity contribution is 4.84. The van der Waals surface area contributed by atoms with Gasteiger partial charge < -0.3 is 0 Å². The molecule has 0 nitrogen and oxygen atoms in total. The predicted molar refractivity (Wildman–Crippen MR) is 92.1 cm³/mol. The molecule has 0 aromatic heterocycles. The Morgan fingerprint density at radius 2 is 1.75 bits per heavy atom. The zero-order valence-electron chi connectivity index (χ0n) is 15.0. The fourth-order valence-electron chi connectivity index (χ4n) is 4.39. The average Bonchev–Trinajstić information content (AvgIpc) is 2.40. The number of unbranched alkanes of at least 4 members (excludes halogenated alkanes) is 1. The van der Waals surface area contributed by atoms with Crippen LogP contribution in [0.1, 0.15) is 105 Å². The number of hydrogen-bond acceptors (Lipinski definition) is 0. The van der Waals surface area contributed by atoms with E-state index in [0.29, 0.717) is 5.41 Å². The summed E-state index contributed by atoms with van der Waals surface area (Å²) in [5, 5.41) is 0. The van der Waals surface area contributed by atoms with Crippen LogP contribution in [0.3, 0.4) is 0 Å². The molecule has 1 aliphatic carbocycles. The lowest BCUT2D eigenvalue weighted by Crippen LogP contribution is -2.31. The molecule has 1 aliphatic rings. The summed E-state index contributed by atoms with van der Waals surface area (Å²) in [7, 11) is 0. The summed E-state index contributed by atoms with van der Waals surface area (Å²) in [4.78, 5) is 0. The lowest BCUT2D eigenvalue weighted by molar-refractivity contribution is 0.0962. The van der Waals surface area contributed by atoms with Gasteiger partial charge in [-0.3, -0.25) is 0 Å². The normalized spacial score (nSPS) is 26.9. The number of rotatable bonds is 11. The monoisotopic (exact) mass is 280 g/mol. The first-order valence-corrected chi connectivity index (χ1v) is 9.56. The van der Waals surface area contributed by atoms with Gasteiger partial charge in [0.25, 0.3) is 0 Å². The highest BCUT2D eigenvalue weighted by atomic mass is 14.4. The van der Waals surface area contributed by atoms with Gasteiger partial charge in [0.05, 0.1) is 0 Å². The topological polar surface area (TPSA) is 0 Å². The van der Waals surface area contributed by atoms with Crippen LogP contribution in [-0.2, 0) is 0 Å². The second-order valence-electron chi connectivity index (χ2n) is 7.93. The van der Waals surface area contributed by atoms with Gasteiger partial charge in [0.2, 0.25) is 0 Å². The molecule has 0 heterocycles. The van der Waals surface area contributed by atoms with Crippen molar-refractivity contribution in [2.24, 2.45) is 23.2 Å². The average molecular weight is 281 g/mol. The molecule has 4 atom stereocenters. The molecule has 0 heteroatoms. The summed E-state index contributed by atoms with van der Waals surface area (Å²) in [6.07, 6.45) is 15.9. The van der Waals surface area contributed by atoms with Crippen molar-refractivity contribution in [3.05, 3.63) is 0 Å².